The van der Waals surface area contributed by atoms with Crippen LogP contribution in [0.1, 0.15) is 22.8 Å². The van der Waals surface area contributed by atoms with E-state index >= 15 is 4.57 Å². The normalized spacial score (nSPS) is 18.2. The highest BCUT2D eigenvalue weighted by Crippen LogP contribution is 2.71. The molecule has 8 heteroatoms. The lowest BCUT2D eigenvalue weighted by Gasteiger charge is -2.42. The van der Waals surface area contributed by atoms with Crippen molar-refractivity contribution in [3.05, 3.63) is 151 Å². The second kappa shape index (κ2) is 10.5. The molecule has 0 aliphatic carbocycles. The van der Waals surface area contributed by atoms with Gasteiger partial charge in [-0.05, 0) is 23.1 Å². The summed E-state index contributed by atoms with van der Waals surface area (Å²) in [6.45, 7) is 0. The standard InChI is InChI=1S/C32H25B2O5P/c35-40(26-18-8-3-9-19-26,31-27-20-10-12-22-29(27)36-33(38-31)24-14-4-1-5-15-24)32-28-21-11-13-23-30(28)37-34(39-32)25-16-6-2-7-17-25/h1-23,31-32H/t31-,32-/m0/s1. The molecule has 2 aliphatic heterocycles. The van der Waals surface area contributed by atoms with Crippen LogP contribution in [0.3, 0.4) is 0 Å². The molecule has 0 aromatic heterocycles. The van der Waals surface area contributed by atoms with Crippen LogP contribution >= 0.6 is 7.14 Å². The Labute approximate surface area is 234 Å². The molecular formula is C32H25B2O5P. The maximum atomic E-state index is 16.0. The van der Waals surface area contributed by atoms with Crippen LogP contribution < -0.4 is 25.5 Å². The van der Waals surface area contributed by atoms with Crippen LogP contribution in [0.2, 0.25) is 0 Å². The number of hydrogen-bond acceptors (Lipinski definition) is 5. The van der Waals surface area contributed by atoms with Crippen molar-refractivity contribution >= 4 is 37.6 Å². The molecule has 0 fully saturated rings. The average molecular weight is 542 g/mol. The van der Waals surface area contributed by atoms with Crippen LogP contribution in [0.15, 0.2) is 140 Å². The minimum Gasteiger partial charge on any atom is -0.532 e. The molecule has 2 heterocycles. The van der Waals surface area contributed by atoms with Crippen molar-refractivity contribution in [2.24, 2.45) is 0 Å². The molecule has 5 nitrogen and oxygen atoms in total. The van der Waals surface area contributed by atoms with Gasteiger partial charge < -0.3 is 23.2 Å². The fraction of sp³-hybridized carbons (Fsp3) is 0.0625. The van der Waals surface area contributed by atoms with Gasteiger partial charge in [-0.1, -0.05) is 127 Å². The second-order valence-corrected chi connectivity index (χ2v) is 12.7. The minimum absolute atomic E-state index is 0.642. The van der Waals surface area contributed by atoms with Crippen LogP contribution in [-0.2, 0) is 13.9 Å². The van der Waals surface area contributed by atoms with Crippen LogP contribution in [0.5, 0.6) is 11.5 Å². The predicted molar refractivity (Wildman–Crippen MR) is 159 cm³/mol. The molecular weight excluding hydrogens is 517 g/mol. The summed E-state index contributed by atoms with van der Waals surface area (Å²) in [5.41, 5.74) is 3.14. The van der Waals surface area contributed by atoms with E-state index in [0.29, 0.717) is 16.8 Å². The van der Waals surface area contributed by atoms with Gasteiger partial charge in [0, 0.05) is 16.4 Å². The minimum atomic E-state index is -3.61. The van der Waals surface area contributed by atoms with Gasteiger partial charge in [-0.2, -0.15) is 0 Å². The van der Waals surface area contributed by atoms with E-state index in [1.54, 1.807) is 0 Å². The van der Waals surface area contributed by atoms with E-state index in [4.69, 9.17) is 18.6 Å². The first-order valence-corrected chi connectivity index (χ1v) is 15.1. The zero-order valence-electron chi connectivity index (χ0n) is 21.6. The van der Waals surface area contributed by atoms with E-state index in [-0.39, 0.29) is 0 Å². The van der Waals surface area contributed by atoms with Crippen molar-refractivity contribution in [1.82, 2.24) is 0 Å². The molecule has 194 valence electrons. The monoisotopic (exact) mass is 542 g/mol. The maximum Gasteiger partial charge on any atom is 0.563 e. The number of rotatable bonds is 5. The Bertz CT molecular complexity index is 1570. The third kappa shape index (κ3) is 4.37. The van der Waals surface area contributed by atoms with Crippen LogP contribution in [-0.4, -0.2) is 14.2 Å². The largest absolute Gasteiger partial charge is 0.563 e. The van der Waals surface area contributed by atoms with Gasteiger partial charge in [0.1, 0.15) is 23.2 Å². The summed E-state index contributed by atoms with van der Waals surface area (Å²) in [6.07, 6.45) is 0. The van der Waals surface area contributed by atoms with E-state index in [2.05, 4.69) is 0 Å². The van der Waals surface area contributed by atoms with Crippen molar-refractivity contribution in [2.75, 3.05) is 0 Å². The van der Waals surface area contributed by atoms with Gasteiger partial charge in [-0.25, -0.2) is 0 Å². The van der Waals surface area contributed by atoms with E-state index < -0.39 is 33.1 Å². The summed E-state index contributed by atoms with van der Waals surface area (Å²) >= 11 is 0. The van der Waals surface area contributed by atoms with Gasteiger partial charge >= 0.3 is 14.2 Å². The van der Waals surface area contributed by atoms with Crippen molar-refractivity contribution in [3.63, 3.8) is 0 Å². The topological polar surface area (TPSA) is 54.0 Å². The molecule has 0 N–H and O–H groups in total. The summed E-state index contributed by atoms with van der Waals surface area (Å²) in [5.74, 6) is -0.386. The molecule has 5 aromatic carbocycles. The smallest absolute Gasteiger partial charge is 0.532 e. The molecule has 2 atom stereocenters. The Morgan fingerprint density at radius 2 is 0.850 bits per heavy atom. The van der Waals surface area contributed by atoms with E-state index in [0.717, 1.165) is 22.1 Å². The number of benzene rings is 5. The van der Waals surface area contributed by atoms with Gasteiger partial charge in [0.15, 0.2) is 7.14 Å². The molecule has 0 spiro atoms. The number of para-hydroxylation sites is 2. The molecule has 5 aromatic rings. The lowest BCUT2D eigenvalue weighted by molar-refractivity contribution is 0.187. The quantitative estimate of drug-likeness (QED) is 0.212. The van der Waals surface area contributed by atoms with E-state index in [9.17, 15) is 0 Å². The molecule has 0 saturated carbocycles. The van der Waals surface area contributed by atoms with Crippen molar-refractivity contribution in [2.45, 2.75) is 11.7 Å². The van der Waals surface area contributed by atoms with E-state index in [1.165, 1.54) is 0 Å². The summed E-state index contributed by atoms with van der Waals surface area (Å²) in [7, 11) is -5.08. The number of fused-ring (bicyclic) bond motifs is 2. The molecule has 0 saturated heterocycles. The third-order valence-corrected chi connectivity index (χ3v) is 10.6. The lowest BCUT2D eigenvalue weighted by atomic mass is 9.77. The summed E-state index contributed by atoms with van der Waals surface area (Å²) in [4.78, 5) is 0. The molecule has 2 aliphatic rings. The fourth-order valence-corrected chi connectivity index (χ4v) is 8.67. The number of hydrogen-bond donors (Lipinski definition) is 0. The Kier molecular flexibility index (Phi) is 6.57. The molecule has 0 bridgehead atoms. The lowest BCUT2D eigenvalue weighted by Crippen LogP contribution is -2.46. The summed E-state index contributed by atoms with van der Waals surface area (Å²) < 4.78 is 42.1. The van der Waals surface area contributed by atoms with E-state index in [1.807, 2.05) is 140 Å². The third-order valence-electron chi connectivity index (χ3n) is 7.34. The second-order valence-electron chi connectivity index (χ2n) is 9.82. The van der Waals surface area contributed by atoms with Crippen LogP contribution in [0.25, 0.3) is 0 Å². The summed E-state index contributed by atoms with van der Waals surface area (Å²) in [5, 5.41) is 0.664. The van der Waals surface area contributed by atoms with Gasteiger partial charge in [0.25, 0.3) is 0 Å². The molecule has 0 unspecified atom stereocenters. The summed E-state index contributed by atoms with van der Waals surface area (Å²) in [6, 6.07) is 44.3. The Hall–Kier alpha value is -4.02. The van der Waals surface area contributed by atoms with Gasteiger partial charge in [-0.15, -0.1) is 0 Å². The zero-order valence-corrected chi connectivity index (χ0v) is 22.5. The molecule has 0 radical (unpaired) electrons. The highest BCUT2D eigenvalue weighted by Gasteiger charge is 2.53. The van der Waals surface area contributed by atoms with Gasteiger partial charge in [0.2, 0.25) is 0 Å². The molecule has 0 amide bonds. The van der Waals surface area contributed by atoms with Crippen molar-refractivity contribution in [1.29, 1.82) is 0 Å². The van der Waals surface area contributed by atoms with Crippen LogP contribution in [0.4, 0.5) is 0 Å². The average Bonchev–Trinajstić information content (AvgIpc) is 3.04. The molecule has 7 rings (SSSR count). The Morgan fingerprint density at radius 3 is 1.30 bits per heavy atom. The first-order valence-electron chi connectivity index (χ1n) is 13.3. The van der Waals surface area contributed by atoms with Gasteiger partial charge in [0.05, 0.1) is 0 Å². The Morgan fingerprint density at radius 1 is 0.475 bits per heavy atom. The highest BCUT2D eigenvalue weighted by molar-refractivity contribution is 7.72. The van der Waals surface area contributed by atoms with Crippen molar-refractivity contribution < 1.29 is 23.2 Å². The SMILES string of the molecule is O=P(c1ccccc1)([C@@H]1OB(c2ccccc2)Oc2ccccc21)[C@@H]1OB(c2ccccc2)Oc2ccccc21. The predicted octanol–water partition coefficient (Wildman–Crippen LogP) is 5.68. The zero-order chi connectivity index (χ0) is 26.9. The first-order chi connectivity index (χ1) is 19.7. The highest BCUT2D eigenvalue weighted by atomic mass is 31.2. The first kappa shape index (κ1) is 25.0. The van der Waals surface area contributed by atoms with Gasteiger partial charge in [-0.3, -0.25) is 0 Å². The maximum absolute atomic E-state index is 16.0. The fourth-order valence-electron chi connectivity index (χ4n) is 5.41. The van der Waals surface area contributed by atoms with Crippen molar-refractivity contribution in [3.8, 4) is 11.5 Å². The van der Waals surface area contributed by atoms with Crippen LogP contribution in [0, 0.1) is 0 Å². The Balaban J connectivity index is 1.43. The molecule has 40 heavy (non-hydrogen) atoms.